The third-order valence-electron chi connectivity index (χ3n) is 6.35. The number of hydrogen-bond acceptors (Lipinski definition) is 4. The summed E-state index contributed by atoms with van der Waals surface area (Å²) in [5, 5.41) is 0.231. The summed E-state index contributed by atoms with van der Waals surface area (Å²) in [6.45, 7) is 6.99. The molecular formula is C22H30FN3OS. The van der Waals surface area contributed by atoms with Crippen LogP contribution in [0, 0.1) is 23.6 Å². The Morgan fingerprint density at radius 1 is 1.32 bits per heavy atom. The smallest absolute Gasteiger partial charge is 0.225 e. The standard InChI is InChI=1S/C22H30FN3OS/c1-3-26(15(2)16-6-8-20(23)9-7-16)28-21-12-18-10-11-25(14-19(18)13-24-21)22(27)17-4-5-17/h6-9,13,15,17-19,21H,3-5,10-12,14H2,1-2H3. The molecule has 0 N–H and O–H groups in total. The molecule has 4 unspecified atom stereocenters. The van der Waals surface area contributed by atoms with E-state index in [1.165, 1.54) is 12.1 Å². The third-order valence-corrected chi connectivity index (χ3v) is 7.75. The summed E-state index contributed by atoms with van der Waals surface area (Å²) in [6.07, 6.45) is 6.44. The largest absolute Gasteiger partial charge is 0.342 e. The Labute approximate surface area is 171 Å². The van der Waals surface area contributed by atoms with Crippen LogP contribution in [0.2, 0.25) is 0 Å². The molecule has 28 heavy (non-hydrogen) atoms. The average molecular weight is 404 g/mol. The van der Waals surface area contributed by atoms with Gasteiger partial charge in [-0.1, -0.05) is 31.0 Å². The Morgan fingerprint density at radius 3 is 2.75 bits per heavy atom. The van der Waals surface area contributed by atoms with Crippen LogP contribution in [0.3, 0.4) is 0 Å². The van der Waals surface area contributed by atoms with Gasteiger partial charge in [-0.05, 0) is 56.2 Å². The van der Waals surface area contributed by atoms with Gasteiger partial charge in [0.25, 0.3) is 0 Å². The molecule has 4 rings (SSSR count). The number of aliphatic imine (C=N–C) groups is 1. The van der Waals surface area contributed by atoms with Crippen LogP contribution in [-0.2, 0) is 4.79 Å². The molecule has 1 aliphatic carbocycles. The van der Waals surface area contributed by atoms with E-state index in [0.29, 0.717) is 23.7 Å². The monoisotopic (exact) mass is 403 g/mol. The lowest BCUT2D eigenvalue weighted by atomic mass is 9.82. The molecule has 4 nitrogen and oxygen atoms in total. The van der Waals surface area contributed by atoms with E-state index < -0.39 is 0 Å². The van der Waals surface area contributed by atoms with Crippen molar-refractivity contribution in [2.45, 2.75) is 50.9 Å². The van der Waals surface area contributed by atoms with Gasteiger partial charge in [-0.2, -0.15) is 0 Å². The highest BCUT2D eigenvalue weighted by atomic mass is 32.2. The number of nitrogens with zero attached hydrogens (tertiary/aromatic N) is 3. The SMILES string of the molecule is CCN(SC1CC2CCN(C(=O)C3CC3)CC2C=N1)C(C)c1ccc(F)cc1. The molecule has 2 aliphatic heterocycles. The predicted molar refractivity (Wildman–Crippen MR) is 113 cm³/mol. The van der Waals surface area contributed by atoms with E-state index in [1.54, 1.807) is 0 Å². The molecular weight excluding hydrogens is 373 g/mol. The van der Waals surface area contributed by atoms with Gasteiger partial charge < -0.3 is 4.90 Å². The summed E-state index contributed by atoms with van der Waals surface area (Å²) in [7, 11) is 0. The molecule has 0 aromatic heterocycles. The highest BCUT2D eigenvalue weighted by molar-refractivity contribution is 7.97. The van der Waals surface area contributed by atoms with Gasteiger partial charge in [0.05, 0.1) is 0 Å². The number of carbonyl (C=O) groups is 1. The van der Waals surface area contributed by atoms with Crippen molar-refractivity contribution < 1.29 is 9.18 Å². The Morgan fingerprint density at radius 2 is 2.07 bits per heavy atom. The van der Waals surface area contributed by atoms with Gasteiger partial charge in [-0.15, -0.1) is 0 Å². The highest BCUT2D eigenvalue weighted by Crippen LogP contribution is 2.39. The number of rotatable bonds is 6. The quantitative estimate of drug-likeness (QED) is 0.655. The fourth-order valence-electron chi connectivity index (χ4n) is 4.38. The molecule has 6 heteroatoms. The zero-order chi connectivity index (χ0) is 19.7. The molecule has 152 valence electrons. The molecule has 2 heterocycles. The van der Waals surface area contributed by atoms with Crippen molar-refractivity contribution in [3.63, 3.8) is 0 Å². The minimum absolute atomic E-state index is 0.193. The van der Waals surface area contributed by atoms with Gasteiger partial charge >= 0.3 is 0 Å². The number of hydrogen-bond donors (Lipinski definition) is 0. The van der Waals surface area contributed by atoms with Crippen molar-refractivity contribution in [1.82, 2.24) is 9.21 Å². The molecule has 0 spiro atoms. The maximum absolute atomic E-state index is 13.2. The summed E-state index contributed by atoms with van der Waals surface area (Å²) in [4.78, 5) is 19.3. The van der Waals surface area contributed by atoms with E-state index in [1.807, 2.05) is 24.1 Å². The second kappa shape index (κ2) is 8.54. The van der Waals surface area contributed by atoms with Crippen LogP contribution in [0.1, 0.15) is 51.1 Å². The van der Waals surface area contributed by atoms with E-state index in [9.17, 15) is 9.18 Å². The molecule has 0 radical (unpaired) electrons. The van der Waals surface area contributed by atoms with Crippen LogP contribution >= 0.6 is 11.9 Å². The van der Waals surface area contributed by atoms with Gasteiger partial charge in [0, 0.05) is 43.7 Å². The van der Waals surface area contributed by atoms with Crippen molar-refractivity contribution in [2.75, 3.05) is 19.6 Å². The topological polar surface area (TPSA) is 35.9 Å². The number of piperidine rings is 1. The van der Waals surface area contributed by atoms with Gasteiger partial charge in [0.2, 0.25) is 5.91 Å². The molecule has 1 saturated heterocycles. The van der Waals surface area contributed by atoms with E-state index >= 15 is 0 Å². The Balaban J connectivity index is 1.35. The van der Waals surface area contributed by atoms with Gasteiger partial charge in [0.1, 0.15) is 11.2 Å². The van der Waals surface area contributed by atoms with Crippen LogP contribution in [0.5, 0.6) is 0 Å². The first-order valence-corrected chi connectivity index (χ1v) is 11.4. The Hall–Kier alpha value is -1.40. The van der Waals surface area contributed by atoms with Crippen LogP contribution in [0.4, 0.5) is 4.39 Å². The number of fused-ring (bicyclic) bond motifs is 1. The molecule has 4 atom stereocenters. The van der Waals surface area contributed by atoms with Gasteiger partial charge in [-0.3, -0.25) is 9.79 Å². The summed E-state index contributed by atoms with van der Waals surface area (Å²) in [5.41, 5.74) is 1.13. The Kier molecular flexibility index (Phi) is 6.07. The number of amides is 1. The molecule has 1 saturated carbocycles. The zero-order valence-electron chi connectivity index (χ0n) is 16.8. The molecule has 1 amide bonds. The molecule has 3 aliphatic rings. The predicted octanol–water partition coefficient (Wildman–Crippen LogP) is 4.53. The van der Waals surface area contributed by atoms with Crippen molar-refractivity contribution in [3.8, 4) is 0 Å². The highest BCUT2D eigenvalue weighted by Gasteiger charge is 2.39. The molecule has 0 bridgehead atoms. The molecule has 2 fully saturated rings. The number of benzene rings is 1. The fourth-order valence-corrected chi connectivity index (χ4v) is 5.60. The summed E-state index contributed by atoms with van der Waals surface area (Å²) in [5.74, 6) is 1.53. The first-order valence-electron chi connectivity index (χ1n) is 10.6. The Bertz CT molecular complexity index is 721. The van der Waals surface area contributed by atoms with Crippen LogP contribution < -0.4 is 0 Å². The zero-order valence-corrected chi connectivity index (χ0v) is 17.6. The summed E-state index contributed by atoms with van der Waals surface area (Å²) < 4.78 is 15.6. The number of likely N-dealkylation sites (tertiary alicyclic amines) is 1. The first-order chi connectivity index (χ1) is 13.5. The minimum Gasteiger partial charge on any atom is -0.342 e. The third kappa shape index (κ3) is 4.43. The van der Waals surface area contributed by atoms with Gasteiger partial charge in [0.15, 0.2) is 0 Å². The second-order valence-electron chi connectivity index (χ2n) is 8.33. The van der Waals surface area contributed by atoms with Crippen LogP contribution in [0.25, 0.3) is 0 Å². The van der Waals surface area contributed by atoms with E-state index in [-0.39, 0.29) is 17.2 Å². The van der Waals surface area contributed by atoms with Gasteiger partial charge in [-0.25, -0.2) is 8.70 Å². The summed E-state index contributed by atoms with van der Waals surface area (Å²) in [6, 6.07) is 7.02. The minimum atomic E-state index is -0.193. The van der Waals surface area contributed by atoms with E-state index in [2.05, 4.69) is 29.3 Å². The normalized spacial score (nSPS) is 28.3. The lowest BCUT2D eigenvalue weighted by molar-refractivity contribution is -0.134. The fraction of sp³-hybridized carbons (Fsp3) is 0.636. The van der Waals surface area contributed by atoms with Crippen molar-refractivity contribution in [1.29, 1.82) is 0 Å². The van der Waals surface area contributed by atoms with Crippen molar-refractivity contribution >= 4 is 24.1 Å². The average Bonchev–Trinajstić information content (AvgIpc) is 3.56. The molecule has 1 aromatic carbocycles. The summed E-state index contributed by atoms with van der Waals surface area (Å²) >= 11 is 1.81. The van der Waals surface area contributed by atoms with Crippen LogP contribution in [0.15, 0.2) is 29.3 Å². The lowest BCUT2D eigenvalue weighted by Crippen LogP contribution is -2.46. The first kappa shape index (κ1) is 19.9. The lowest BCUT2D eigenvalue weighted by Gasteiger charge is -2.41. The van der Waals surface area contributed by atoms with E-state index in [0.717, 1.165) is 50.9 Å². The van der Waals surface area contributed by atoms with E-state index in [4.69, 9.17) is 4.99 Å². The number of halogens is 1. The van der Waals surface area contributed by atoms with Crippen LogP contribution in [-0.4, -0.2) is 46.3 Å². The maximum Gasteiger partial charge on any atom is 0.225 e. The number of carbonyl (C=O) groups excluding carboxylic acids is 1. The second-order valence-corrected chi connectivity index (χ2v) is 9.55. The molecule has 1 aromatic rings. The van der Waals surface area contributed by atoms with Crippen molar-refractivity contribution in [3.05, 3.63) is 35.6 Å². The maximum atomic E-state index is 13.2. The van der Waals surface area contributed by atoms with Crippen molar-refractivity contribution in [2.24, 2.45) is 22.7 Å².